The fourth-order valence-corrected chi connectivity index (χ4v) is 0.567. The van der Waals surface area contributed by atoms with Crippen LogP contribution in [0.2, 0.25) is 0 Å². The van der Waals surface area contributed by atoms with E-state index in [1.165, 1.54) is 0 Å². The lowest BCUT2D eigenvalue weighted by atomic mass is 10.7. The van der Waals surface area contributed by atoms with Crippen molar-refractivity contribution < 1.29 is 14.4 Å². The first-order valence-electron chi connectivity index (χ1n) is 2.32. The third-order valence-corrected chi connectivity index (χ3v) is 0.954. The van der Waals surface area contributed by atoms with E-state index in [-0.39, 0.29) is 6.54 Å². The van der Waals surface area contributed by atoms with Crippen LogP contribution in [-0.4, -0.2) is 28.8 Å². The Morgan fingerprint density at radius 3 is 2.56 bits per heavy atom. The standard InChI is InChI=1S/C3H9N2O3P/c4-1-2-5-3-9(6,7)8/h3H,1-2,4H2,(H2,6,7,8). The molecule has 0 heterocycles. The summed E-state index contributed by atoms with van der Waals surface area (Å²) in [6.45, 7) is 0.557. The van der Waals surface area contributed by atoms with Gasteiger partial charge in [-0.05, 0) is 0 Å². The summed E-state index contributed by atoms with van der Waals surface area (Å²) in [6, 6.07) is 0. The molecule has 0 saturated carbocycles. The van der Waals surface area contributed by atoms with Crippen molar-refractivity contribution in [2.75, 3.05) is 13.1 Å². The maximum absolute atomic E-state index is 10.0. The predicted octanol–water partition coefficient (Wildman–Crippen LogP) is -0.849. The van der Waals surface area contributed by atoms with Crippen molar-refractivity contribution in [3.05, 3.63) is 0 Å². The summed E-state index contributed by atoms with van der Waals surface area (Å²) in [5, 5.41) is 0. The van der Waals surface area contributed by atoms with Crippen molar-refractivity contribution in [2.45, 2.75) is 0 Å². The van der Waals surface area contributed by atoms with Crippen LogP contribution < -0.4 is 5.73 Å². The highest BCUT2D eigenvalue weighted by molar-refractivity contribution is 7.67. The summed E-state index contributed by atoms with van der Waals surface area (Å²) in [5.41, 5.74) is 4.99. The molecule has 0 rings (SSSR count). The monoisotopic (exact) mass is 152 g/mol. The molecule has 0 radical (unpaired) electrons. The zero-order valence-electron chi connectivity index (χ0n) is 4.77. The average molecular weight is 152 g/mol. The highest BCUT2D eigenvalue weighted by Crippen LogP contribution is 2.29. The minimum absolute atomic E-state index is 0.255. The van der Waals surface area contributed by atoms with Crippen molar-refractivity contribution in [1.29, 1.82) is 0 Å². The molecule has 6 heteroatoms. The largest absolute Gasteiger partial charge is 0.366 e. The molecule has 0 bridgehead atoms. The molecule has 0 fully saturated rings. The van der Waals surface area contributed by atoms with Crippen molar-refractivity contribution in [1.82, 2.24) is 0 Å². The van der Waals surface area contributed by atoms with Gasteiger partial charge in [-0.2, -0.15) is 0 Å². The second kappa shape index (κ2) is 3.74. The van der Waals surface area contributed by atoms with Gasteiger partial charge in [0, 0.05) is 6.54 Å². The highest BCUT2D eigenvalue weighted by atomic mass is 31.2. The van der Waals surface area contributed by atoms with E-state index >= 15 is 0 Å². The zero-order valence-corrected chi connectivity index (χ0v) is 5.66. The van der Waals surface area contributed by atoms with Crippen LogP contribution in [0.15, 0.2) is 4.99 Å². The summed E-state index contributed by atoms with van der Waals surface area (Å²) in [7, 11) is -4.04. The fourth-order valence-electron chi connectivity index (χ4n) is 0.239. The number of hydrogen-bond donors (Lipinski definition) is 3. The topological polar surface area (TPSA) is 95.9 Å². The molecule has 0 aliphatic heterocycles. The summed E-state index contributed by atoms with van der Waals surface area (Å²) in [5.74, 6) is 0.611. The van der Waals surface area contributed by atoms with Crippen LogP contribution in [0.4, 0.5) is 0 Å². The third kappa shape index (κ3) is 7.78. The number of nitrogens with zero attached hydrogens (tertiary/aromatic N) is 1. The van der Waals surface area contributed by atoms with Crippen molar-refractivity contribution in [3.63, 3.8) is 0 Å². The zero-order chi connectivity index (χ0) is 7.33. The summed E-state index contributed by atoms with van der Waals surface area (Å²) >= 11 is 0. The molecule has 0 unspecified atom stereocenters. The number of nitrogens with two attached hydrogens (primary N) is 1. The van der Waals surface area contributed by atoms with Gasteiger partial charge in [0.2, 0.25) is 0 Å². The van der Waals surface area contributed by atoms with E-state index in [4.69, 9.17) is 15.5 Å². The first kappa shape index (κ1) is 8.78. The quantitative estimate of drug-likeness (QED) is 0.362. The van der Waals surface area contributed by atoms with Crippen LogP contribution >= 0.6 is 7.60 Å². The van der Waals surface area contributed by atoms with Gasteiger partial charge >= 0.3 is 7.60 Å². The minimum atomic E-state index is -4.04. The molecule has 0 aromatic heterocycles. The molecular weight excluding hydrogens is 143 g/mol. The van der Waals surface area contributed by atoms with Gasteiger partial charge in [-0.1, -0.05) is 0 Å². The summed E-state index contributed by atoms with van der Waals surface area (Å²) < 4.78 is 10.0. The lowest BCUT2D eigenvalue weighted by molar-refractivity contribution is 0.392. The molecule has 0 aromatic rings. The van der Waals surface area contributed by atoms with Crippen LogP contribution in [0.25, 0.3) is 0 Å². The van der Waals surface area contributed by atoms with Gasteiger partial charge < -0.3 is 15.5 Å². The highest BCUT2D eigenvalue weighted by Gasteiger charge is 2.05. The molecule has 0 aliphatic rings. The molecule has 5 nitrogen and oxygen atoms in total. The molecule has 54 valence electrons. The molecule has 0 saturated heterocycles. The van der Waals surface area contributed by atoms with Gasteiger partial charge in [0.25, 0.3) is 0 Å². The van der Waals surface area contributed by atoms with Crippen LogP contribution in [0.1, 0.15) is 0 Å². The minimum Gasteiger partial charge on any atom is -0.329 e. The van der Waals surface area contributed by atoms with Gasteiger partial charge in [0.05, 0.1) is 6.54 Å². The third-order valence-electron chi connectivity index (χ3n) is 0.490. The molecule has 0 aromatic carbocycles. The maximum atomic E-state index is 10.0. The van der Waals surface area contributed by atoms with Crippen LogP contribution in [0.3, 0.4) is 0 Å². The van der Waals surface area contributed by atoms with Crippen molar-refractivity contribution in [3.8, 4) is 0 Å². The molecule has 0 atom stereocenters. The SMILES string of the molecule is NCCN=CP(=O)(O)O. The van der Waals surface area contributed by atoms with Gasteiger partial charge in [-0.15, -0.1) is 0 Å². The average Bonchev–Trinajstić information content (AvgIpc) is 1.63. The van der Waals surface area contributed by atoms with E-state index in [2.05, 4.69) is 4.99 Å². The predicted molar refractivity (Wildman–Crippen MR) is 34.5 cm³/mol. The first-order chi connectivity index (χ1) is 4.06. The van der Waals surface area contributed by atoms with E-state index in [1.807, 2.05) is 0 Å². The van der Waals surface area contributed by atoms with Gasteiger partial charge in [0.15, 0.2) is 0 Å². The normalized spacial score (nSPS) is 12.8. The fraction of sp³-hybridized carbons (Fsp3) is 0.667. The number of hydrogen-bond acceptors (Lipinski definition) is 3. The smallest absolute Gasteiger partial charge is 0.329 e. The van der Waals surface area contributed by atoms with E-state index in [1.54, 1.807) is 0 Å². The lowest BCUT2D eigenvalue weighted by Crippen LogP contribution is -2.02. The van der Waals surface area contributed by atoms with Crippen LogP contribution in [-0.2, 0) is 4.57 Å². The Hall–Kier alpha value is -0.220. The van der Waals surface area contributed by atoms with Crippen LogP contribution in [0.5, 0.6) is 0 Å². The van der Waals surface area contributed by atoms with Crippen LogP contribution in [0, 0.1) is 0 Å². The summed E-state index contributed by atoms with van der Waals surface area (Å²) in [6.07, 6.45) is 0. The van der Waals surface area contributed by atoms with Gasteiger partial charge in [0.1, 0.15) is 5.96 Å². The van der Waals surface area contributed by atoms with E-state index < -0.39 is 7.60 Å². The Morgan fingerprint density at radius 2 is 2.22 bits per heavy atom. The Labute approximate surface area is 52.8 Å². The van der Waals surface area contributed by atoms with Gasteiger partial charge in [-0.25, -0.2) is 0 Å². The Balaban J connectivity index is 3.58. The molecule has 0 spiro atoms. The van der Waals surface area contributed by atoms with Crippen molar-refractivity contribution in [2.24, 2.45) is 10.7 Å². The van der Waals surface area contributed by atoms with E-state index in [9.17, 15) is 4.57 Å². The maximum Gasteiger partial charge on any atom is 0.366 e. The number of aliphatic imine (C=N–C) groups is 1. The second-order valence-electron chi connectivity index (χ2n) is 1.40. The van der Waals surface area contributed by atoms with E-state index in [0.29, 0.717) is 12.5 Å². The Kier molecular flexibility index (Phi) is 3.65. The molecular formula is C3H9N2O3P. The first-order valence-corrected chi connectivity index (χ1v) is 4.00. The Morgan fingerprint density at radius 1 is 1.67 bits per heavy atom. The molecule has 0 aliphatic carbocycles. The molecule has 0 amide bonds. The van der Waals surface area contributed by atoms with E-state index in [0.717, 1.165) is 0 Å². The lowest BCUT2D eigenvalue weighted by Gasteiger charge is -1.91. The molecule has 9 heavy (non-hydrogen) atoms. The molecule has 4 N–H and O–H groups in total. The van der Waals surface area contributed by atoms with Crippen molar-refractivity contribution >= 4 is 13.6 Å². The Bertz CT molecular complexity index is 140. The summed E-state index contributed by atoms with van der Waals surface area (Å²) in [4.78, 5) is 19.7. The number of rotatable bonds is 3. The van der Waals surface area contributed by atoms with Gasteiger partial charge in [-0.3, -0.25) is 9.56 Å². The second-order valence-corrected chi connectivity index (χ2v) is 2.81.